The van der Waals surface area contributed by atoms with E-state index >= 15 is 0 Å². The molecular weight excluding hydrogens is 394 g/mol. The van der Waals surface area contributed by atoms with Crippen LogP contribution in [0.3, 0.4) is 0 Å². The predicted molar refractivity (Wildman–Crippen MR) is 114 cm³/mol. The molecule has 4 heterocycles. The number of hydrogen-bond acceptors (Lipinski definition) is 6. The molecule has 3 fully saturated rings. The lowest BCUT2D eigenvalue weighted by atomic mass is 9.75. The molecule has 2 aromatic rings. The second-order valence-corrected chi connectivity index (χ2v) is 8.65. The molecule has 3 saturated heterocycles. The summed E-state index contributed by atoms with van der Waals surface area (Å²) in [6.07, 6.45) is 5.05. The second-order valence-electron chi connectivity index (χ2n) is 8.65. The van der Waals surface area contributed by atoms with Crippen LogP contribution in [0.5, 0.6) is 5.75 Å². The molecule has 5 rings (SSSR count). The van der Waals surface area contributed by atoms with Gasteiger partial charge in [0.1, 0.15) is 5.75 Å². The number of carbonyl (C=O) groups is 2. The van der Waals surface area contributed by atoms with Crippen LogP contribution >= 0.6 is 0 Å². The first-order chi connectivity index (χ1) is 15.1. The number of ether oxygens (including phenoxy) is 1. The number of aromatic nitrogens is 2. The molecule has 2 amide bonds. The van der Waals surface area contributed by atoms with E-state index in [0.29, 0.717) is 31.3 Å². The number of nitrogens with zero attached hydrogens (tertiary/aromatic N) is 5. The monoisotopic (exact) mass is 421 g/mol. The number of benzene rings is 1. The maximum absolute atomic E-state index is 13.1. The Kier molecular flexibility index (Phi) is 5.00. The van der Waals surface area contributed by atoms with Gasteiger partial charge >= 0.3 is 0 Å². The lowest BCUT2D eigenvalue weighted by Crippen LogP contribution is -2.57. The van der Waals surface area contributed by atoms with Crippen LogP contribution in [-0.4, -0.2) is 77.0 Å². The summed E-state index contributed by atoms with van der Waals surface area (Å²) in [4.78, 5) is 40.5. The minimum atomic E-state index is -0.206. The normalized spacial score (nSPS) is 24.5. The van der Waals surface area contributed by atoms with E-state index in [0.717, 1.165) is 19.4 Å². The first-order valence-corrected chi connectivity index (χ1v) is 10.8. The lowest BCUT2D eigenvalue weighted by molar-refractivity contribution is -0.138. The van der Waals surface area contributed by atoms with E-state index in [1.165, 1.54) is 0 Å². The SMILES string of the molecule is CN1C(=O)[C@@H]2CN(c3ncccn3)C[C@@H]2C12CCN(C(=O)COc1ccccc1)CC2. The summed E-state index contributed by atoms with van der Waals surface area (Å²) >= 11 is 0. The topological polar surface area (TPSA) is 78.9 Å². The largest absolute Gasteiger partial charge is 0.484 e. The molecule has 2 atom stereocenters. The molecule has 8 heteroatoms. The van der Waals surface area contributed by atoms with Crippen molar-refractivity contribution >= 4 is 17.8 Å². The third kappa shape index (κ3) is 3.40. The minimum absolute atomic E-state index is 0.00652. The van der Waals surface area contributed by atoms with Gasteiger partial charge in [0.05, 0.1) is 11.5 Å². The molecule has 0 N–H and O–H groups in total. The van der Waals surface area contributed by atoms with Crippen molar-refractivity contribution < 1.29 is 14.3 Å². The van der Waals surface area contributed by atoms with Crippen LogP contribution < -0.4 is 9.64 Å². The maximum Gasteiger partial charge on any atom is 0.260 e. The number of rotatable bonds is 4. The Morgan fingerprint density at radius 3 is 2.52 bits per heavy atom. The number of para-hydroxylation sites is 1. The summed E-state index contributed by atoms with van der Waals surface area (Å²) in [5, 5.41) is 0. The van der Waals surface area contributed by atoms with E-state index in [-0.39, 0.29) is 35.8 Å². The summed E-state index contributed by atoms with van der Waals surface area (Å²) < 4.78 is 5.63. The van der Waals surface area contributed by atoms with Crippen molar-refractivity contribution in [2.45, 2.75) is 18.4 Å². The maximum atomic E-state index is 13.1. The van der Waals surface area contributed by atoms with Crippen LogP contribution in [-0.2, 0) is 9.59 Å². The molecule has 0 bridgehead atoms. The Morgan fingerprint density at radius 2 is 1.81 bits per heavy atom. The van der Waals surface area contributed by atoms with Gasteiger partial charge in [0.15, 0.2) is 6.61 Å². The minimum Gasteiger partial charge on any atom is -0.484 e. The number of carbonyl (C=O) groups excluding carboxylic acids is 2. The fourth-order valence-corrected chi connectivity index (χ4v) is 5.54. The van der Waals surface area contributed by atoms with Gasteiger partial charge in [-0.15, -0.1) is 0 Å². The molecule has 3 aliphatic rings. The molecule has 1 spiro atoms. The van der Waals surface area contributed by atoms with Gasteiger partial charge in [0, 0.05) is 51.5 Å². The van der Waals surface area contributed by atoms with Gasteiger partial charge in [-0.1, -0.05) is 18.2 Å². The summed E-state index contributed by atoms with van der Waals surface area (Å²) in [5.41, 5.74) is -0.206. The highest BCUT2D eigenvalue weighted by Crippen LogP contribution is 2.49. The number of amides is 2. The summed E-state index contributed by atoms with van der Waals surface area (Å²) in [6.45, 7) is 2.75. The molecule has 0 aliphatic carbocycles. The summed E-state index contributed by atoms with van der Waals surface area (Å²) in [7, 11) is 1.93. The van der Waals surface area contributed by atoms with Crippen molar-refractivity contribution in [3.8, 4) is 5.75 Å². The number of hydrogen-bond donors (Lipinski definition) is 0. The van der Waals surface area contributed by atoms with Crippen LogP contribution in [0.4, 0.5) is 5.95 Å². The Bertz CT molecular complexity index is 946. The third-order valence-corrected chi connectivity index (χ3v) is 7.25. The molecule has 1 aromatic carbocycles. The van der Waals surface area contributed by atoms with Crippen LogP contribution in [0.1, 0.15) is 12.8 Å². The van der Waals surface area contributed by atoms with Crippen molar-refractivity contribution in [1.82, 2.24) is 19.8 Å². The Morgan fingerprint density at radius 1 is 1.10 bits per heavy atom. The number of anilines is 1. The lowest BCUT2D eigenvalue weighted by Gasteiger charge is -2.46. The molecule has 3 aliphatic heterocycles. The molecule has 162 valence electrons. The van der Waals surface area contributed by atoms with Gasteiger partial charge in [0.2, 0.25) is 11.9 Å². The van der Waals surface area contributed by atoms with Crippen LogP contribution in [0.2, 0.25) is 0 Å². The zero-order valence-electron chi connectivity index (χ0n) is 17.7. The summed E-state index contributed by atoms with van der Waals surface area (Å²) in [6, 6.07) is 11.2. The average Bonchev–Trinajstić information content (AvgIpc) is 3.35. The molecule has 8 nitrogen and oxygen atoms in total. The Labute approximate surface area is 181 Å². The van der Waals surface area contributed by atoms with Crippen LogP contribution in [0.25, 0.3) is 0 Å². The van der Waals surface area contributed by atoms with Gasteiger partial charge in [-0.2, -0.15) is 0 Å². The van der Waals surface area contributed by atoms with E-state index in [4.69, 9.17) is 4.74 Å². The van der Waals surface area contributed by atoms with Crippen molar-refractivity contribution in [3.05, 3.63) is 48.8 Å². The average molecular weight is 422 g/mol. The molecule has 1 aromatic heterocycles. The Balaban J connectivity index is 1.24. The quantitative estimate of drug-likeness (QED) is 0.744. The van der Waals surface area contributed by atoms with Crippen LogP contribution in [0, 0.1) is 11.8 Å². The molecule has 0 radical (unpaired) electrons. The highest BCUT2D eigenvalue weighted by atomic mass is 16.5. The first kappa shape index (κ1) is 19.8. The molecule has 0 saturated carbocycles. The number of piperidine rings is 1. The second kappa shape index (κ2) is 7.83. The molecule has 0 unspecified atom stereocenters. The van der Waals surface area contributed by atoms with Crippen LogP contribution in [0.15, 0.2) is 48.8 Å². The third-order valence-electron chi connectivity index (χ3n) is 7.25. The predicted octanol–water partition coefficient (Wildman–Crippen LogP) is 1.44. The molecular formula is C23H27N5O3. The van der Waals surface area contributed by atoms with Gasteiger partial charge in [-0.3, -0.25) is 9.59 Å². The summed E-state index contributed by atoms with van der Waals surface area (Å²) in [5.74, 6) is 1.78. The zero-order valence-corrected chi connectivity index (χ0v) is 17.7. The van der Waals surface area contributed by atoms with Gasteiger partial charge in [0.25, 0.3) is 5.91 Å². The highest BCUT2D eigenvalue weighted by Gasteiger charge is 2.60. The van der Waals surface area contributed by atoms with Gasteiger partial charge in [-0.05, 0) is 31.0 Å². The fourth-order valence-electron chi connectivity index (χ4n) is 5.54. The van der Waals surface area contributed by atoms with E-state index in [1.54, 1.807) is 18.5 Å². The van der Waals surface area contributed by atoms with Crippen molar-refractivity contribution in [1.29, 1.82) is 0 Å². The number of fused-ring (bicyclic) bond motifs is 2. The first-order valence-electron chi connectivity index (χ1n) is 10.8. The van der Waals surface area contributed by atoms with Gasteiger partial charge in [-0.25, -0.2) is 9.97 Å². The smallest absolute Gasteiger partial charge is 0.260 e. The van der Waals surface area contributed by atoms with E-state index in [1.807, 2.05) is 47.2 Å². The van der Waals surface area contributed by atoms with E-state index < -0.39 is 0 Å². The van der Waals surface area contributed by atoms with Gasteiger partial charge < -0.3 is 19.4 Å². The highest BCUT2D eigenvalue weighted by molar-refractivity contribution is 5.84. The van der Waals surface area contributed by atoms with Crippen molar-refractivity contribution in [2.24, 2.45) is 11.8 Å². The standard InChI is InChI=1S/C23H27N5O3/c1-26-21(30)18-14-28(22-24-10-5-11-25-22)15-19(18)23(26)8-12-27(13-9-23)20(29)16-31-17-6-3-2-4-7-17/h2-7,10-11,18-19H,8-9,12-16H2,1H3/t18-,19+/m1/s1. The number of likely N-dealkylation sites (tertiary alicyclic amines) is 2. The fraction of sp³-hybridized carbons (Fsp3) is 0.478. The zero-order chi connectivity index (χ0) is 21.4. The van der Waals surface area contributed by atoms with E-state index in [2.05, 4.69) is 14.9 Å². The Hall–Kier alpha value is -3.16. The van der Waals surface area contributed by atoms with Crippen molar-refractivity contribution in [3.63, 3.8) is 0 Å². The van der Waals surface area contributed by atoms with E-state index in [9.17, 15) is 9.59 Å². The van der Waals surface area contributed by atoms with Crippen molar-refractivity contribution in [2.75, 3.05) is 44.7 Å². The molecule has 31 heavy (non-hydrogen) atoms.